The summed E-state index contributed by atoms with van der Waals surface area (Å²) in [4.78, 5) is 37.9. The molecule has 5 heterocycles. The topological polar surface area (TPSA) is 129 Å². The van der Waals surface area contributed by atoms with Crippen molar-refractivity contribution in [1.29, 1.82) is 0 Å². The number of aromatic nitrogens is 4. The van der Waals surface area contributed by atoms with Gasteiger partial charge in [0.25, 0.3) is 5.91 Å². The quantitative estimate of drug-likeness (QED) is 0.269. The molecule has 4 aromatic rings. The number of carbonyl (C=O) groups excluding carboxylic acids is 2. The predicted octanol–water partition coefficient (Wildman–Crippen LogP) is 5.47. The van der Waals surface area contributed by atoms with Gasteiger partial charge in [-0.2, -0.15) is 0 Å². The smallest absolute Gasteiger partial charge is 0.407 e. The second-order valence-corrected chi connectivity index (χ2v) is 13.9. The summed E-state index contributed by atoms with van der Waals surface area (Å²) in [6, 6.07) is 9.44. The normalized spacial score (nSPS) is 17.9. The molecule has 1 aliphatic carbocycles. The molecule has 0 unspecified atom stereocenters. The predicted molar refractivity (Wildman–Crippen MR) is 173 cm³/mol. The Morgan fingerprint density at radius 2 is 1.91 bits per heavy atom. The molecular formula is C34H45N7O4. The number of hydrogen-bond acceptors (Lipinski definition) is 7. The molecule has 1 saturated carbocycles. The molecule has 0 spiro atoms. The molecule has 0 aromatic carbocycles. The molecule has 2 atom stereocenters. The first-order valence-electron chi connectivity index (χ1n) is 16.0. The van der Waals surface area contributed by atoms with E-state index in [9.17, 15) is 9.59 Å². The van der Waals surface area contributed by atoms with E-state index in [1.807, 2.05) is 56.1 Å². The molecule has 4 aromatic heterocycles. The molecule has 0 radical (unpaired) electrons. The summed E-state index contributed by atoms with van der Waals surface area (Å²) >= 11 is 0. The van der Waals surface area contributed by atoms with E-state index in [1.54, 1.807) is 13.2 Å². The SMILES string of the molecule is COc1cc(C(=O)N2CCC[C@@H](N)C2)cc2nc(-c3cc4ccc([C@@H](C)NC(=O)OCC(C)(C)C)nc4n3CC3CC3)c(C)n12. The number of ether oxygens (including phenoxy) is 2. The molecular weight excluding hydrogens is 570 g/mol. The fraction of sp³-hybridized carbons (Fsp3) is 0.529. The van der Waals surface area contributed by atoms with Gasteiger partial charge in [-0.15, -0.1) is 0 Å². The number of amides is 2. The Kier molecular flexibility index (Phi) is 8.24. The highest BCUT2D eigenvalue weighted by atomic mass is 16.5. The van der Waals surface area contributed by atoms with Gasteiger partial charge in [-0.3, -0.25) is 9.20 Å². The van der Waals surface area contributed by atoms with Crippen molar-refractivity contribution in [2.24, 2.45) is 17.1 Å². The summed E-state index contributed by atoms with van der Waals surface area (Å²) in [5.41, 5.74) is 11.5. The minimum atomic E-state index is -0.455. The third-order valence-corrected chi connectivity index (χ3v) is 8.68. The number of imidazole rings is 1. The monoisotopic (exact) mass is 615 g/mol. The van der Waals surface area contributed by atoms with Crippen LogP contribution in [0.4, 0.5) is 4.79 Å². The van der Waals surface area contributed by atoms with Crippen molar-refractivity contribution in [2.75, 3.05) is 26.8 Å². The summed E-state index contributed by atoms with van der Waals surface area (Å²) < 4.78 is 15.4. The summed E-state index contributed by atoms with van der Waals surface area (Å²) in [5, 5.41) is 3.92. The molecule has 45 heavy (non-hydrogen) atoms. The standard InChI is InChI=1S/C34H45N7O4/c1-20(36-33(43)45-19-34(3,4)5)26-12-11-23-14-27(40(31(23)37-26)17-22-9-10-22)30-21(2)41-28(38-30)15-24(16-29(41)44-6)32(42)39-13-7-8-25(35)18-39/h11-12,14-16,20,22,25H,7-10,13,17-19,35H2,1-6H3,(H,36,43)/t20-,25-/m1/s1. The Morgan fingerprint density at radius 1 is 1.13 bits per heavy atom. The number of piperidine rings is 1. The van der Waals surface area contributed by atoms with Crippen LogP contribution in [-0.4, -0.2) is 68.7 Å². The molecule has 1 aliphatic heterocycles. The van der Waals surface area contributed by atoms with Crippen molar-refractivity contribution in [1.82, 2.24) is 29.2 Å². The van der Waals surface area contributed by atoms with E-state index < -0.39 is 6.09 Å². The van der Waals surface area contributed by atoms with Crippen LogP contribution in [0, 0.1) is 18.3 Å². The molecule has 6 rings (SSSR count). The molecule has 3 N–H and O–H groups in total. The Bertz CT molecular complexity index is 1750. The van der Waals surface area contributed by atoms with E-state index in [4.69, 9.17) is 25.2 Å². The van der Waals surface area contributed by atoms with E-state index >= 15 is 0 Å². The van der Waals surface area contributed by atoms with Crippen LogP contribution in [0.5, 0.6) is 5.88 Å². The van der Waals surface area contributed by atoms with Crippen LogP contribution in [-0.2, 0) is 11.3 Å². The van der Waals surface area contributed by atoms with E-state index in [1.165, 1.54) is 12.8 Å². The highest BCUT2D eigenvalue weighted by Gasteiger charge is 2.28. The van der Waals surface area contributed by atoms with Crippen LogP contribution >= 0.6 is 0 Å². The van der Waals surface area contributed by atoms with E-state index in [2.05, 4.69) is 22.0 Å². The average Bonchev–Trinajstić information content (AvgIpc) is 3.67. The fourth-order valence-electron chi connectivity index (χ4n) is 6.07. The maximum absolute atomic E-state index is 13.5. The minimum absolute atomic E-state index is 0.00262. The number of alkyl carbamates (subject to hydrolysis) is 1. The lowest BCUT2D eigenvalue weighted by atomic mass is 9.99. The van der Waals surface area contributed by atoms with Gasteiger partial charge in [-0.25, -0.2) is 14.8 Å². The molecule has 0 bridgehead atoms. The van der Waals surface area contributed by atoms with E-state index in [-0.39, 0.29) is 23.4 Å². The lowest BCUT2D eigenvalue weighted by Crippen LogP contribution is -2.45. The van der Waals surface area contributed by atoms with Gasteiger partial charge >= 0.3 is 6.09 Å². The number of rotatable bonds is 8. The zero-order valence-corrected chi connectivity index (χ0v) is 27.2. The van der Waals surface area contributed by atoms with Crippen molar-refractivity contribution in [3.05, 3.63) is 47.3 Å². The first-order chi connectivity index (χ1) is 21.4. The van der Waals surface area contributed by atoms with Gasteiger partial charge < -0.3 is 30.0 Å². The van der Waals surface area contributed by atoms with Crippen LogP contribution in [0.15, 0.2) is 30.3 Å². The fourth-order valence-corrected chi connectivity index (χ4v) is 6.07. The summed E-state index contributed by atoms with van der Waals surface area (Å²) in [7, 11) is 1.61. The van der Waals surface area contributed by atoms with E-state index in [0.717, 1.165) is 53.2 Å². The highest BCUT2D eigenvalue weighted by molar-refractivity contribution is 5.96. The largest absolute Gasteiger partial charge is 0.482 e. The van der Waals surface area contributed by atoms with Crippen molar-refractivity contribution in [2.45, 2.75) is 78.9 Å². The van der Waals surface area contributed by atoms with Crippen LogP contribution in [0.2, 0.25) is 0 Å². The Morgan fingerprint density at radius 3 is 2.60 bits per heavy atom. The second kappa shape index (κ2) is 12.0. The lowest BCUT2D eigenvalue weighted by molar-refractivity contribution is 0.0708. The van der Waals surface area contributed by atoms with Crippen LogP contribution in [0.1, 0.15) is 81.2 Å². The van der Waals surface area contributed by atoms with Crippen molar-refractivity contribution >= 4 is 28.7 Å². The van der Waals surface area contributed by atoms with Gasteiger partial charge in [-0.05, 0) is 75.1 Å². The third kappa shape index (κ3) is 6.49. The Labute approximate surface area is 264 Å². The Hall–Kier alpha value is -4.12. The number of nitrogens with one attached hydrogen (secondary N) is 1. The number of fused-ring (bicyclic) bond motifs is 2. The lowest BCUT2D eigenvalue weighted by Gasteiger charge is -2.30. The molecule has 2 aliphatic rings. The van der Waals surface area contributed by atoms with Crippen molar-refractivity contribution in [3.8, 4) is 17.3 Å². The van der Waals surface area contributed by atoms with Crippen LogP contribution < -0.4 is 15.8 Å². The Balaban J connectivity index is 1.36. The highest BCUT2D eigenvalue weighted by Crippen LogP contribution is 2.37. The van der Waals surface area contributed by atoms with Gasteiger partial charge in [0.1, 0.15) is 17.0 Å². The van der Waals surface area contributed by atoms with Gasteiger partial charge in [0.2, 0.25) is 0 Å². The summed E-state index contributed by atoms with van der Waals surface area (Å²) in [6.45, 7) is 12.4. The first-order valence-corrected chi connectivity index (χ1v) is 16.0. The number of carbonyl (C=O) groups is 2. The van der Waals surface area contributed by atoms with Gasteiger partial charge in [-0.1, -0.05) is 20.8 Å². The number of pyridine rings is 2. The number of nitrogens with two attached hydrogens (primary N) is 1. The van der Waals surface area contributed by atoms with Gasteiger partial charge in [0.05, 0.1) is 36.8 Å². The number of aryl methyl sites for hydroxylation is 1. The average molecular weight is 616 g/mol. The number of likely N-dealkylation sites (tertiary alicyclic amines) is 1. The minimum Gasteiger partial charge on any atom is -0.482 e. The number of methoxy groups -OCH3 is 1. The maximum Gasteiger partial charge on any atom is 0.407 e. The first kappa shape index (κ1) is 30.9. The molecule has 11 heteroatoms. The molecule has 240 valence electrons. The zero-order chi connectivity index (χ0) is 32.0. The van der Waals surface area contributed by atoms with Crippen LogP contribution in [0.3, 0.4) is 0 Å². The van der Waals surface area contributed by atoms with Crippen molar-refractivity contribution in [3.63, 3.8) is 0 Å². The molecule has 2 amide bonds. The molecule has 11 nitrogen and oxygen atoms in total. The third-order valence-electron chi connectivity index (χ3n) is 8.68. The van der Waals surface area contributed by atoms with E-state index in [0.29, 0.717) is 42.7 Å². The number of nitrogens with zero attached hydrogens (tertiary/aromatic N) is 5. The molecule has 2 fully saturated rings. The van der Waals surface area contributed by atoms with Crippen molar-refractivity contribution < 1.29 is 19.1 Å². The molecule has 1 saturated heterocycles. The summed E-state index contributed by atoms with van der Waals surface area (Å²) in [6.07, 6.45) is 3.74. The van der Waals surface area contributed by atoms with Gasteiger partial charge in [0.15, 0.2) is 5.88 Å². The number of hydrogen-bond donors (Lipinski definition) is 2. The maximum atomic E-state index is 13.5. The zero-order valence-electron chi connectivity index (χ0n) is 27.2. The van der Waals surface area contributed by atoms with Crippen LogP contribution in [0.25, 0.3) is 28.1 Å². The summed E-state index contributed by atoms with van der Waals surface area (Å²) in [5.74, 6) is 1.08. The van der Waals surface area contributed by atoms with Gasteiger partial charge in [0, 0.05) is 42.7 Å². The second-order valence-electron chi connectivity index (χ2n) is 13.9.